The quantitative estimate of drug-likeness (QED) is 0.144. The van der Waals surface area contributed by atoms with Crippen LogP contribution < -0.4 is 25.1 Å². The van der Waals surface area contributed by atoms with E-state index in [0.29, 0.717) is 52.7 Å². The number of aryl methyl sites for hydroxylation is 1. The summed E-state index contributed by atoms with van der Waals surface area (Å²) in [7, 11) is 0. The Bertz CT molecular complexity index is 1990. The molecular weight excluding hydrogens is 599 g/mol. The van der Waals surface area contributed by atoms with E-state index >= 15 is 0 Å². The van der Waals surface area contributed by atoms with Gasteiger partial charge in [0.05, 0.1) is 30.3 Å². The maximum atomic E-state index is 13.8. The summed E-state index contributed by atoms with van der Waals surface area (Å²) in [4.78, 5) is 31.2. The molecule has 5 rings (SSSR count). The largest absolute Gasteiger partial charge is 0.494 e. The van der Waals surface area contributed by atoms with E-state index < -0.39 is 11.7 Å². The second-order valence-electron chi connectivity index (χ2n) is 11.1. The minimum absolute atomic E-state index is 0.173. The van der Waals surface area contributed by atoms with Crippen LogP contribution in [0.3, 0.4) is 0 Å². The zero-order valence-corrected chi connectivity index (χ0v) is 27.0. The van der Waals surface area contributed by atoms with Crippen LogP contribution in [0.4, 0.5) is 10.1 Å². The van der Waals surface area contributed by atoms with Crippen LogP contribution in [0.5, 0.6) is 17.2 Å². The standard InChI is InChI=1S/C37H37FN4O5/c1-6-45-33-18-24(5)30(20-29(33)23(3)4)36-41-31-11-9-8-10-28(31)37(44)42(36)39-21-25-12-17-32(34(19-25)46-7-2)47-22-35(43)40-27-15-13-26(38)14-16-27/h8-21,23H,6-7,22H2,1-5H3,(H,40,43). The van der Waals surface area contributed by atoms with Crippen LogP contribution in [-0.4, -0.2) is 41.6 Å². The Balaban J connectivity index is 1.48. The Hall–Kier alpha value is -5.51. The molecule has 0 bridgehead atoms. The van der Waals surface area contributed by atoms with Crippen molar-refractivity contribution in [1.29, 1.82) is 0 Å². The molecule has 10 heteroatoms. The van der Waals surface area contributed by atoms with Gasteiger partial charge in [-0.2, -0.15) is 9.78 Å². The number of fused-ring (bicyclic) bond motifs is 1. The number of hydrogen-bond donors (Lipinski definition) is 1. The Morgan fingerprint density at radius 1 is 0.936 bits per heavy atom. The summed E-state index contributed by atoms with van der Waals surface area (Å²) in [6.07, 6.45) is 1.56. The highest BCUT2D eigenvalue weighted by Crippen LogP contribution is 2.34. The maximum absolute atomic E-state index is 13.8. The first kappa shape index (κ1) is 32.9. The molecule has 9 nitrogen and oxygen atoms in total. The molecule has 0 saturated carbocycles. The molecular formula is C37H37FN4O5. The van der Waals surface area contributed by atoms with Crippen LogP contribution in [-0.2, 0) is 4.79 Å². The number of carbonyl (C=O) groups excluding carboxylic acids is 1. The van der Waals surface area contributed by atoms with E-state index in [4.69, 9.17) is 19.2 Å². The zero-order chi connectivity index (χ0) is 33.5. The van der Waals surface area contributed by atoms with E-state index in [1.165, 1.54) is 28.9 Å². The minimum atomic E-state index is -0.411. The molecule has 1 heterocycles. The number of halogens is 1. The molecule has 0 atom stereocenters. The molecule has 0 aliphatic rings. The third-order valence-electron chi connectivity index (χ3n) is 7.35. The van der Waals surface area contributed by atoms with Gasteiger partial charge in [-0.1, -0.05) is 26.0 Å². The van der Waals surface area contributed by atoms with E-state index in [1.807, 2.05) is 45.0 Å². The molecule has 1 N–H and O–H groups in total. The summed E-state index contributed by atoms with van der Waals surface area (Å²) in [6, 6.07) is 21.8. The van der Waals surface area contributed by atoms with Gasteiger partial charge in [0.25, 0.3) is 11.5 Å². The van der Waals surface area contributed by atoms with E-state index in [-0.39, 0.29) is 18.1 Å². The molecule has 1 aromatic heterocycles. The second kappa shape index (κ2) is 14.7. The lowest BCUT2D eigenvalue weighted by molar-refractivity contribution is -0.118. The van der Waals surface area contributed by atoms with E-state index in [0.717, 1.165) is 22.4 Å². The fourth-order valence-corrected chi connectivity index (χ4v) is 5.07. The van der Waals surface area contributed by atoms with Gasteiger partial charge in [-0.05, 0) is 110 Å². The van der Waals surface area contributed by atoms with Gasteiger partial charge in [-0.25, -0.2) is 9.37 Å². The number of aromatic nitrogens is 2. The van der Waals surface area contributed by atoms with Gasteiger partial charge in [-0.15, -0.1) is 0 Å². The van der Waals surface area contributed by atoms with Crippen LogP contribution in [0.1, 0.15) is 50.3 Å². The van der Waals surface area contributed by atoms with Crippen LogP contribution in [0.25, 0.3) is 22.3 Å². The van der Waals surface area contributed by atoms with Crippen LogP contribution in [0.2, 0.25) is 0 Å². The number of benzene rings is 4. The lowest BCUT2D eigenvalue weighted by Crippen LogP contribution is -2.21. The van der Waals surface area contributed by atoms with Crippen molar-refractivity contribution in [1.82, 2.24) is 9.66 Å². The molecule has 0 radical (unpaired) electrons. The second-order valence-corrected chi connectivity index (χ2v) is 11.1. The van der Waals surface area contributed by atoms with Crippen LogP contribution >= 0.6 is 0 Å². The van der Waals surface area contributed by atoms with E-state index in [2.05, 4.69) is 24.3 Å². The van der Waals surface area contributed by atoms with Crippen molar-refractivity contribution in [2.24, 2.45) is 5.10 Å². The average molecular weight is 637 g/mol. The summed E-state index contributed by atoms with van der Waals surface area (Å²) < 4.78 is 32.0. The fourth-order valence-electron chi connectivity index (χ4n) is 5.07. The Labute approximate surface area is 272 Å². The Morgan fingerprint density at radius 2 is 1.66 bits per heavy atom. The van der Waals surface area contributed by atoms with Crippen LogP contribution in [0.15, 0.2) is 88.8 Å². The third-order valence-corrected chi connectivity index (χ3v) is 7.35. The number of amides is 1. The topological polar surface area (TPSA) is 104 Å². The van der Waals surface area contributed by atoms with Gasteiger partial charge in [0.15, 0.2) is 23.9 Å². The SMILES string of the molecule is CCOc1cc(C=Nn2c(-c3cc(C(C)C)c(OCC)cc3C)nc3ccccc3c2=O)ccc1OCC(=O)Nc1ccc(F)cc1. The van der Waals surface area contributed by atoms with Crippen molar-refractivity contribution >= 4 is 28.7 Å². The summed E-state index contributed by atoms with van der Waals surface area (Å²) in [5.74, 6) is 1.34. The molecule has 0 aliphatic heterocycles. The number of ether oxygens (including phenoxy) is 3. The highest BCUT2D eigenvalue weighted by atomic mass is 19.1. The van der Waals surface area contributed by atoms with E-state index in [1.54, 1.807) is 36.5 Å². The van der Waals surface area contributed by atoms with Gasteiger partial charge in [0.2, 0.25) is 0 Å². The van der Waals surface area contributed by atoms with Gasteiger partial charge >= 0.3 is 0 Å². The lowest BCUT2D eigenvalue weighted by Gasteiger charge is -2.18. The summed E-state index contributed by atoms with van der Waals surface area (Å²) in [6.45, 7) is 10.5. The van der Waals surface area contributed by atoms with Gasteiger partial charge in [0, 0.05) is 11.3 Å². The van der Waals surface area contributed by atoms with Gasteiger partial charge < -0.3 is 19.5 Å². The number of anilines is 1. The van der Waals surface area contributed by atoms with Crippen molar-refractivity contribution in [3.8, 4) is 28.6 Å². The highest BCUT2D eigenvalue weighted by Gasteiger charge is 2.19. The summed E-state index contributed by atoms with van der Waals surface area (Å²) >= 11 is 0. The average Bonchev–Trinajstić information content (AvgIpc) is 3.05. The van der Waals surface area contributed by atoms with Gasteiger partial charge in [-0.3, -0.25) is 9.59 Å². The van der Waals surface area contributed by atoms with Crippen molar-refractivity contribution in [2.75, 3.05) is 25.1 Å². The fraction of sp³-hybridized carbons (Fsp3) is 0.243. The Kier molecular flexibility index (Phi) is 10.3. The monoisotopic (exact) mass is 636 g/mol. The normalized spacial score (nSPS) is 11.3. The van der Waals surface area contributed by atoms with E-state index in [9.17, 15) is 14.0 Å². The Morgan fingerprint density at radius 3 is 2.38 bits per heavy atom. The lowest BCUT2D eigenvalue weighted by atomic mass is 9.96. The first-order chi connectivity index (χ1) is 22.7. The summed E-state index contributed by atoms with van der Waals surface area (Å²) in [5, 5.41) is 7.74. The number of rotatable bonds is 12. The first-order valence-corrected chi connectivity index (χ1v) is 15.5. The van der Waals surface area contributed by atoms with Crippen molar-refractivity contribution < 1.29 is 23.4 Å². The molecule has 242 valence electrons. The molecule has 47 heavy (non-hydrogen) atoms. The van der Waals surface area contributed by atoms with Crippen molar-refractivity contribution in [3.05, 3.63) is 112 Å². The maximum Gasteiger partial charge on any atom is 0.282 e. The first-order valence-electron chi connectivity index (χ1n) is 15.5. The highest BCUT2D eigenvalue weighted by molar-refractivity contribution is 5.92. The number of nitrogens with one attached hydrogen (secondary N) is 1. The molecule has 1 amide bonds. The summed E-state index contributed by atoms with van der Waals surface area (Å²) in [5.41, 5.74) is 4.03. The number of para-hydroxylation sites is 1. The number of carbonyl (C=O) groups is 1. The molecule has 0 aliphatic carbocycles. The third kappa shape index (κ3) is 7.66. The smallest absolute Gasteiger partial charge is 0.282 e. The minimum Gasteiger partial charge on any atom is -0.494 e. The molecule has 0 unspecified atom stereocenters. The number of nitrogens with zero attached hydrogens (tertiary/aromatic N) is 3. The van der Waals surface area contributed by atoms with Crippen molar-refractivity contribution in [3.63, 3.8) is 0 Å². The zero-order valence-electron chi connectivity index (χ0n) is 27.0. The van der Waals surface area contributed by atoms with Crippen LogP contribution in [0, 0.1) is 12.7 Å². The molecule has 0 saturated heterocycles. The number of hydrogen-bond acceptors (Lipinski definition) is 7. The predicted octanol–water partition coefficient (Wildman–Crippen LogP) is 7.33. The van der Waals surface area contributed by atoms with Gasteiger partial charge in [0.1, 0.15) is 11.6 Å². The molecule has 5 aromatic rings. The van der Waals surface area contributed by atoms with Crippen molar-refractivity contribution in [2.45, 2.75) is 40.5 Å². The molecule has 4 aromatic carbocycles. The predicted molar refractivity (Wildman–Crippen MR) is 183 cm³/mol. The molecule has 0 fully saturated rings. The molecule has 0 spiro atoms.